The van der Waals surface area contributed by atoms with E-state index in [1.54, 1.807) is 18.1 Å². The Balaban J connectivity index is 0.000000556. The fourth-order valence-corrected chi connectivity index (χ4v) is 5.92. The van der Waals surface area contributed by atoms with Gasteiger partial charge in [-0.1, -0.05) is 0 Å². The molecule has 0 saturated carbocycles. The first-order valence-corrected chi connectivity index (χ1v) is 14.1. The molecule has 8 nitrogen and oxygen atoms in total. The molecule has 0 bridgehead atoms. The van der Waals surface area contributed by atoms with E-state index in [1.165, 1.54) is 26.7 Å². The van der Waals surface area contributed by atoms with E-state index in [2.05, 4.69) is 32.0 Å². The summed E-state index contributed by atoms with van der Waals surface area (Å²) in [6, 6.07) is 4.04. The van der Waals surface area contributed by atoms with Crippen molar-refractivity contribution in [1.82, 2.24) is 24.4 Å². The fraction of sp³-hybridized carbons (Fsp3) is 0.760. The predicted octanol–water partition coefficient (Wildman–Crippen LogP) is 3.57. The quantitative estimate of drug-likeness (QED) is 0.436. The van der Waals surface area contributed by atoms with Crippen LogP contribution in [0.15, 0.2) is 23.5 Å². The summed E-state index contributed by atoms with van der Waals surface area (Å²) in [5.74, 6) is -4.04. The maximum atomic E-state index is 14.2. The Morgan fingerprint density at radius 1 is 1.14 bits per heavy atom. The Morgan fingerprint density at radius 3 is 2.56 bits per heavy atom. The Labute approximate surface area is 216 Å². The molecule has 0 radical (unpaired) electrons. The van der Waals surface area contributed by atoms with Crippen LogP contribution in [0.2, 0.25) is 0 Å². The maximum absolute atomic E-state index is 14.2. The van der Waals surface area contributed by atoms with Gasteiger partial charge in [0.15, 0.2) is 5.79 Å². The van der Waals surface area contributed by atoms with E-state index >= 15 is 0 Å². The topological polar surface area (TPSA) is 86.4 Å². The third kappa shape index (κ3) is 7.35. The van der Waals surface area contributed by atoms with Crippen molar-refractivity contribution in [2.75, 3.05) is 39.0 Å². The van der Waals surface area contributed by atoms with Crippen LogP contribution < -0.4 is 0 Å². The number of ether oxygens (including phenoxy) is 1. The molecule has 11 heteroatoms. The lowest BCUT2D eigenvalue weighted by atomic mass is 9.97. The van der Waals surface area contributed by atoms with E-state index < -0.39 is 11.7 Å². The molecule has 5 rings (SSSR count). The van der Waals surface area contributed by atoms with Gasteiger partial charge in [0, 0.05) is 38.5 Å². The van der Waals surface area contributed by atoms with Crippen molar-refractivity contribution in [1.29, 1.82) is 0 Å². The lowest BCUT2D eigenvalue weighted by Crippen LogP contribution is -2.53. The van der Waals surface area contributed by atoms with Gasteiger partial charge >= 0.3 is 0 Å². The second-order valence-electron chi connectivity index (χ2n) is 10.6. The zero-order valence-corrected chi connectivity index (χ0v) is 22.3. The molecule has 2 aromatic rings. The minimum Gasteiger partial charge on any atom is -0.367 e. The van der Waals surface area contributed by atoms with Crippen LogP contribution in [0.25, 0.3) is 5.52 Å². The van der Waals surface area contributed by atoms with Crippen LogP contribution in [0.1, 0.15) is 64.2 Å². The molecule has 202 valence electrons. The number of likely N-dealkylation sites (tertiary alicyclic amines) is 2. The molecule has 0 spiro atoms. The van der Waals surface area contributed by atoms with Crippen molar-refractivity contribution < 1.29 is 23.7 Å². The number of rotatable bonds is 6. The van der Waals surface area contributed by atoms with Gasteiger partial charge in [0.05, 0.1) is 17.3 Å². The first kappa shape index (κ1) is 27.7. The predicted molar refractivity (Wildman–Crippen MR) is 135 cm³/mol. The first-order chi connectivity index (χ1) is 17.0. The van der Waals surface area contributed by atoms with Crippen molar-refractivity contribution in [3.63, 3.8) is 0 Å². The normalized spacial score (nSPS) is 27.4. The Hall–Kier alpha value is -1.37. The van der Waals surface area contributed by atoms with Gasteiger partial charge in [-0.25, -0.2) is 18.3 Å². The van der Waals surface area contributed by atoms with Crippen LogP contribution in [0, 0.1) is 0 Å². The molecule has 2 N–H and O–H groups in total. The standard InChI is InChI=1S/C22H31F2N5OS.C3H8O2/c1-31-21-19-6-5-18(29(19)26-15-25-21)20-7-4-17(30-20)14-28-11-8-22(23,24)12-16(28)13-27-9-2-3-10-27;1-3(2,4)5/h5-6,15-17,20H,2-4,7-14H2,1H3;4-5H,1-2H3/t16-,17-,20+;/m0./s1. The van der Waals surface area contributed by atoms with E-state index in [-0.39, 0.29) is 31.1 Å². The van der Waals surface area contributed by atoms with Crippen LogP contribution in [0.5, 0.6) is 0 Å². The Morgan fingerprint density at radius 2 is 1.86 bits per heavy atom. The molecule has 3 atom stereocenters. The highest BCUT2D eigenvalue weighted by Crippen LogP contribution is 2.37. The number of aliphatic hydroxyl groups is 2. The molecule has 5 heterocycles. The van der Waals surface area contributed by atoms with Gasteiger partial charge in [-0.2, -0.15) is 5.10 Å². The summed E-state index contributed by atoms with van der Waals surface area (Å²) >= 11 is 1.61. The minimum atomic E-state index is -2.54. The van der Waals surface area contributed by atoms with Gasteiger partial charge in [-0.15, -0.1) is 11.8 Å². The molecule has 3 fully saturated rings. The summed E-state index contributed by atoms with van der Waals surface area (Å²) in [5, 5.41) is 21.5. The molecule has 0 amide bonds. The summed E-state index contributed by atoms with van der Waals surface area (Å²) in [6.45, 7) is 6.62. The van der Waals surface area contributed by atoms with Gasteiger partial charge in [0.25, 0.3) is 5.92 Å². The van der Waals surface area contributed by atoms with Gasteiger partial charge in [-0.05, 0) is 71.0 Å². The molecule has 3 aliphatic rings. The van der Waals surface area contributed by atoms with Gasteiger partial charge in [0.2, 0.25) is 0 Å². The highest BCUT2D eigenvalue weighted by Gasteiger charge is 2.42. The van der Waals surface area contributed by atoms with Crippen molar-refractivity contribution in [3.8, 4) is 0 Å². The van der Waals surface area contributed by atoms with E-state index in [0.29, 0.717) is 6.54 Å². The molecular weight excluding hydrogens is 488 g/mol. The number of fused-ring (bicyclic) bond motifs is 1. The monoisotopic (exact) mass is 527 g/mol. The Bertz CT molecular complexity index is 990. The highest BCUT2D eigenvalue weighted by molar-refractivity contribution is 7.98. The van der Waals surface area contributed by atoms with Gasteiger partial charge in [0.1, 0.15) is 17.5 Å². The van der Waals surface area contributed by atoms with Gasteiger partial charge in [-0.3, -0.25) is 4.90 Å². The lowest BCUT2D eigenvalue weighted by molar-refractivity contribution is -0.127. The summed E-state index contributed by atoms with van der Waals surface area (Å²) in [4.78, 5) is 8.96. The van der Waals surface area contributed by atoms with Crippen LogP contribution >= 0.6 is 11.8 Å². The van der Waals surface area contributed by atoms with E-state index in [4.69, 9.17) is 14.9 Å². The van der Waals surface area contributed by atoms with Gasteiger partial charge < -0.3 is 19.8 Å². The summed E-state index contributed by atoms with van der Waals surface area (Å²) in [7, 11) is 0. The second-order valence-corrected chi connectivity index (χ2v) is 11.4. The minimum absolute atomic E-state index is 0.0135. The maximum Gasteiger partial charge on any atom is 0.250 e. The van der Waals surface area contributed by atoms with Crippen LogP contribution in [0.4, 0.5) is 8.78 Å². The third-order valence-corrected chi connectivity index (χ3v) is 7.70. The molecule has 3 saturated heterocycles. The number of piperidine rings is 1. The smallest absolute Gasteiger partial charge is 0.250 e. The number of nitrogens with zero attached hydrogens (tertiary/aromatic N) is 5. The fourth-order valence-electron chi connectivity index (χ4n) is 5.40. The number of halogens is 2. The van der Waals surface area contributed by atoms with Crippen LogP contribution in [0.3, 0.4) is 0 Å². The zero-order valence-electron chi connectivity index (χ0n) is 21.4. The Kier molecular flexibility index (Phi) is 8.89. The number of hydrogen-bond donors (Lipinski definition) is 2. The largest absolute Gasteiger partial charge is 0.367 e. The van der Waals surface area contributed by atoms with Crippen molar-refractivity contribution in [2.24, 2.45) is 0 Å². The molecule has 36 heavy (non-hydrogen) atoms. The van der Waals surface area contributed by atoms with Crippen molar-refractivity contribution in [3.05, 3.63) is 24.2 Å². The molecule has 0 aromatic carbocycles. The van der Waals surface area contributed by atoms with Crippen LogP contribution in [-0.2, 0) is 4.74 Å². The number of hydrogen-bond acceptors (Lipinski definition) is 8. The number of alkyl halides is 2. The SMILES string of the molecule is CC(C)(O)O.CSc1ncnn2c([C@H]3CC[C@@H](CN4CCC(F)(F)C[C@H]4CN4CCCC4)O3)ccc12. The molecule has 0 aliphatic carbocycles. The summed E-state index contributed by atoms with van der Waals surface area (Å²) in [5.41, 5.74) is 2.05. The summed E-state index contributed by atoms with van der Waals surface area (Å²) < 4.78 is 36.7. The number of aromatic nitrogens is 3. The van der Waals surface area contributed by atoms with Crippen molar-refractivity contribution >= 4 is 17.3 Å². The number of thioether (sulfide) groups is 1. The van der Waals surface area contributed by atoms with Crippen molar-refractivity contribution in [2.45, 2.75) is 87.4 Å². The third-order valence-electron chi connectivity index (χ3n) is 7.00. The zero-order chi connectivity index (χ0) is 25.9. The van der Waals surface area contributed by atoms with E-state index in [0.717, 1.165) is 55.3 Å². The molecule has 0 unspecified atom stereocenters. The molecule has 3 aliphatic heterocycles. The van der Waals surface area contributed by atoms with E-state index in [1.807, 2.05) is 10.8 Å². The first-order valence-electron chi connectivity index (χ1n) is 12.8. The van der Waals surface area contributed by atoms with Crippen LogP contribution in [-0.4, -0.2) is 97.4 Å². The summed E-state index contributed by atoms with van der Waals surface area (Å²) in [6.07, 6.45) is 7.83. The average molecular weight is 528 g/mol. The molecular formula is C25H39F2N5O3S. The highest BCUT2D eigenvalue weighted by atomic mass is 32.2. The lowest BCUT2D eigenvalue weighted by Gasteiger charge is -2.41. The average Bonchev–Trinajstić information content (AvgIpc) is 3.54. The second kappa shape index (κ2) is 11.6. The van der Waals surface area contributed by atoms with E-state index in [9.17, 15) is 8.78 Å². The molecule has 2 aromatic heterocycles.